The summed E-state index contributed by atoms with van der Waals surface area (Å²) in [5.74, 6) is -2.31. The molecule has 0 saturated carbocycles. The second-order valence-corrected chi connectivity index (χ2v) is 9.11. The molecule has 0 atom stereocenters. The average Bonchev–Trinajstić information content (AvgIpc) is 3.39. The van der Waals surface area contributed by atoms with Crippen molar-refractivity contribution in [1.82, 2.24) is 10.7 Å². The van der Waals surface area contributed by atoms with Gasteiger partial charge in [-0.3, -0.25) is 14.4 Å². The molecule has 0 aliphatic carbocycles. The summed E-state index contributed by atoms with van der Waals surface area (Å²) in [5.41, 5.74) is 3.88. The van der Waals surface area contributed by atoms with Crippen LogP contribution in [0.1, 0.15) is 31.8 Å². The van der Waals surface area contributed by atoms with Gasteiger partial charge in [0, 0.05) is 5.38 Å². The van der Waals surface area contributed by atoms with E-state index in [0.717, 1.165) is 11.3 Å². The van der Waals surface area contributed by atoms with E-state index < -0.39 is 24.3 Å². The number of carboxylic acids is 1. The third-order valence-electron chi connectivity index (χ3n) is 4.12. The van der Waals surface area contributed by atoms with Gasteiger partial charge in [0.25, 0.3) is 11.8 Å². The van der Waals surface area contributed by atoms with Crippen LogP contribution in [0, 0.1) is 0 Å². The Kier molecular flexibility index (Phi) is 7.52. The van der Waals surface area contributed by atoms with E-state index >= 15 is 0 Å². The van der Waals surface area contributed by atoms with E-state index in [-0.39, 0.29) is 15.5 Å². The van der Waals surface area contributed by atoms with E-state index in [9.17, 15) is 19.5 Å². The molecule has 2 heterocycles. The van der Waals surface area contributed by atoms with Crippen molar-refractivity contribution < 1.29 is 24.6 Å². The first-order valence-corrected chi connectivity index (χ1v) is 11.3. The van der Waals surface area contributed by atoms with Gasteiger partial charge in [-0.25, -0.2) is 5.43 Å². The SMILES string of the molecule is CC(=NNC(=O)c1ccc(C(=O)NCC(=O)O)s1)c1csc(-c2ccc(Cl)c(Cl)c2)c1O. The van der Waals surface area contributed by atoms with E-state index in [1.807, 2.05) is 0 Å². The minimum absolute atomic E-state index is 0.00241. The summed E-state index contributed by atoms with van der Waals surface area (Å²) < 4.78 is 0. The zero-order valence-electron chi connectivity index (χ0n) is 16.3. The molecule has 0 bridgehead atoms. The molecule has 0 unspecified atom stereocenters. The number of aromatic hydroxyl groups is 1. The van der Waals surface area contributed by atoms with E-state index in [4.69, 9.17) is 28.3 Å². The van der Waals surface area contributed by atoms with Crippen molar-refractivity contribution in [2.45, 2.75) is 6.92 Å². The zero-order valence-corrected chi connectivity index (χ0v) is 19.5. The third kappa shape index (κ3) is 5.46. The highest BCUT2D eigenvalue weighted by Gasteiger charge is 2.17. The largest absolute Gasteiger partial charge is 0.506 e. The Morgan fingerprint density at radius 1 is 1.06 bits per heavy atom. The summed E-state index contributed by atoms with van der Waals surface area (Å²) in [6.07, 6.45) is 0. The minimum atomic E-state index is -1.17. The Bertz CT molecular complexity index is 1240. The topological polar surface area (TPSA) is 128 Å². The first-order chi connectivity index (χ1) is 15.2. The number of hydrogen-bond donors (Lipinski definition) is 4. The lowest BCUT2D eigenvalue weighted by Gasteiger charge is -2.04. The number of carbonyl (C=O) groups excluding carboxylic acids is 2. The number of carbonyl (C=O) groups is 3. The molecule has 3 aromatic rings. The number of benzene rings is 1. The number of hydrazone groups is 1. The molecule has 4 N–H and O–H groups in total. The number of aliphatic carboxylic acids is 1. The Labute approximate surface area is 200 Å². The number of rotatable bonds is 7. The maximum atomic E-state index is 12.3. The fourth-order valence-corrected chi connectivity index (χ4v) is 4.64. The van der Waals surface area contributed by atoms with Gasteiger partial charge >= 0.3 is 5.97 Å². The van der Waals surface area contributed by atoms with Gasteiger partial charge in [-0.1, -0.05) is 29.3 Å². The highest BCUT2D eigenvalue weighted by molar-refractivity contribution is 7.16. The van der Waals surface area contributed by atoms with E-state index in [1.165, 1.54) is 23.5 Å². The Balaban J connectivity index is 1.70. The summed E-state index contributed by atoms with van der Waals surface area (Å²) >= 11 is 14.2. The van der Waals surface area contributed by atoms with Gasteiger partial charge in [0.05, 0.1) is 36.0 Å². The summed E-state index contributed by atoms with van der Waals surface area (Å²) in [4.78, 5) is 35.7. The average molecular weight is 512 g/mol. The smallest absolute Gasteiger partial charge is 0.322 e. The van der Waals surface area contributed by atoms with Crippen LogP contribution in [-0.4, -0.2) is 40.3 Å². The molecule has 32 heavy (non-hydrogen) atoms. The summed E-state index contributed by atoms with van der Waals surface area (Å²) in [7, 11) is 0. The normalized spacial score (nSPS) is 11.3. The van der Waals surface area contributed by atoms with Crippen molar-refractivity contribution in [3.8, 4) is 16.2 Å². The maximum Gasteiger partial charge on any atom is 0.322 e. The molecule has 166 valence electrons. The van der Waals surface area contributed by atoms with Crippen molar-refractivity contribution in [3.63, 3.8) is 0 Å². The fourth-order valence-electron chi connectivity index (χ4n) is 2.53. The highest BCUT2D eigenvalue weighted by atomic mass is 35.5. The van der Waals surface area contributed by atoms with Crippen molar-refractivity contribution >= 4 is 69.4 Å². The second kappa shape index (κ2) is 10.1. The monoisotopic (exact) mass is 511 g/mol. The molecule has 1 aromatic carbocycles. The number of nitrogens with one attached hydrogen (secondary N) is 2. The number of nitrogens with zero attached hydrogens (tertiary/aromatic N) is 1. The quantitative estimate of drug-likeness (QED) is 0.275. The van der Waals surface area contributed by atoms with Crippen LogP contribution in [0.3, 0.4) is 0 Å². The lowest BCUT2D eigenvalue weighted by atomic mass is 10.1. The standard InChI is InChI=1S/C20H15Cl2N3O5S2/c1-9(11-8-31-18(17(11)28)10-2-3-12(21)13(22)6-10)24-25-20(30)15-5-4-14(32-15)19(29)23-7-16(26)27/h2-6,8,28H,7H2,1H3,(H,23,29)(H,25,30)(H,26,27). The van der Waals surface area contributed by atoms with Gasteiger partial charge in [0.15, 0.2) is 0 Å². The van der Waals surface area contributed by atoms with Crippen molar-refractivity contribution in [1.29, 1.82) is 0 Å². The van der Waals surface area contributed by atoms with Gasteiger partial charge in [-0.2, -0.15) is 5.10 Å². The Morgan fingerprint density at radius 2 is 1.75 bits per heavy atom. The first-order valence-electron chi connectivity index (χ1n) is 8.88. The van der Waals surface area contributed by atoms with Gasteiger partial charge in [-0.05, 0) is 36.8 Å². The minimum Gasteiger partial charge on any atom is -0.506 e. The van der Waals surface area contributed by atoms with Crippen LogP contribution in [0.5, 0.6) is 5.75 Å². The highest BCUT2D eigenvalue weighted by Crippen LogP contribution is 2.40. The molecule has 0 spiro atoms. The molecule has 2 amide bonds. The van der Waals surface area contributed by atoms with Crippen LogP contribution >= 0.6 is 45.9 Å². The molecule has 12 heteroatoms. The van der Waals surface area contributed by atoms with Crippen molar-refractivity contribution in [3.05, 3.63) is 61.1 Å². The first kappa shape index (κ1) is 23.7. The number of amides is 2. The van der Waals surface area contributed by atoms with Crippen LogP contribution in [0.2, 0.25) is 10.0 Å². The number of carboxylic acid groups (broad SMARTS) is 1. The lowest BCUT2D eigenvalue weighted by Crippen LogP contribution is -2.28. The molecule has 0 aliphatic heterocycles. The molecule has 3 rings (SSSR count). The zero-order chi connectivity index (χ0) is 23.4. The molecular weight excluding hydrogens is 497 g/mol. The summed E-state index contributed by atoms with van der Waals surface area (Å²) in [5, 5.41) is 27.9. The van der Waals surface area contributed by atoms with E-state index in [0.29, 0.717) is 31.8 Å². The predicted octanol–water partition coefficient (Wildman–Crippen LogP) is 4.46. The molecular formula is C20H15Cl2N3O5S2. The fraction of sp³-hybridized carbons (Fsp3) is 0.100. The molecule has 0 saturated heterocycles. The van der Waals surface area contributed by atoms with Crippen molar-refractivity contribution in [2.24, 2.45) is 5.10 Å². The lowest BCUT2D eigenvalue weighted by molar-refractivity contribution is -0.135. The predicted molar refractivity (Wildman–Crippen MR) is 125 cm³/mol. The number of halogens is 2. The van der Waals surface area contributed by atoms with E-state index in [2.05, 4.69) is 15.8 Å². The van der Waals surface area contributed by atoms with Crippen LogP contribution in [0.4, 0.5) is 0 Å². The van der Waals surface area contributed by atoms with Gasteiger partial charge in [0.1, 0.15) is 12.3 Å². The van der Waals surface area contributed by atoms with Gasteiger partial charge in [-0.15, -0.1) is 22.7 Å². The van der Waals surface area contributed by atoms with Crippen molar-refractivity contribution in [2.75, 3.05) is 6.54 Å². The Hall–Kier alpha value is -2.92. The third-order valence-corrected chi connectivity index (χ3v) is 6.96. The van der Waals surface area contributed by atoms with Gasteiger partial charge < -0.3 is 15.5 Å². The van der Waals surface area contributed by atoms with Crippen LogP contribution in [0.15, 0.2) is 40.8 Å². The molecule has 2 aromatic heterocycles. The van der Waals surface area contributed by atoms with Gasteiger partial charge in [0.2, 0.25) is 0 Å². The van der Waals surface area contributed by atoms with E-state index in [1.54, 1.807) is 30.5 Å². The van der Waals surface area contributed by atoms with Crippen LogP contribution in [0.25, 0.3) is 10.4 Å². The van der Waals surface area contributed by atoms with Crippen LogP contribution < -0.4 is 10.7 Å². The number of thiophene rings is 2. The summed E-state index contributed by atoms with van der Waals surface area (Å²) in [6.45, 7) is 1.11. The summed E-state index contributed by atoms with van der Waals surface area (Å²) in [6, 6.07) is 7.87. The Morgan fingerprint density at radius 3 is 2.41 bits per heavy atom. The molecule has 0 aliphatic rings. The molecule has 8 nitrogen and oxygen atoms in total. The number of hydrogen-bond acceptors (Lipinski definition) is 7. The molecule has 0 radical (unpaired) electrons. The molecule has 0 fully saturated rings. The second-order valence-electron chi connectivity index (χ2n) is 6.33. The van der Waals surface area contributed by atoms with Crippen LogP contribution in [-0.2, 0) is 4.79 Å². The maximum absolute atomic E-state index is 12.3.